The van der Waals surface area contributed by atoms with Crippen molar-refractivity contribution in [2.45, 2.75) is 19.4 Å². The number of ether oxygens (including phenoxy) is 4. The van der Waals surface area contributed by atoms with Crippen LogP contribution in [0.1, 0.15) is 44.4 Å². The molecule has 0 aliphatic rings. The van der Waals surface area contributed by atoms with Gasteiger partial charge < -0.3 is 25.7 Å². The van der Waals surface area contributed by atoms with Crippen molar-refractivity contribution in [2.24, 2.45) is 4.99 Å². The summed E-state index contributed by atoms with van der Waals surface area (Å²) in [4.78, 5) is 27.0. The number of carbonyl (C=O) groups is 2. The number of hydrogen-bond acceptors (Lipinski definition) is 8. The summed E-state index contributed by atoms with van der Waals surface area (Å²) in [6.45, 7) is 1.87. The number of benzene rings is 4. The monoisotopic (exact) mass is 667 g/mol. The molecule has 0 fully saturated rings. The van der Waals surface area contributed by atoms with Crippen LogP contribution in [0.4, 0.5) is 8.78 Å². The number of hydrogen-bond donors (Lipinski definition) is 1. The standard InChI is InChI=1S/C18H20FNO3.C18H18FNO3.B.Na.H/c2*1-22-17-8-7-16(19)11-15(17)9-10-20-12-13-3-5-14(6-4-13)18(21)23-2;;;/h3-8,11,20H,9-10,12H2,1-2H3;3-8,11-12H,9-10H2,1-2H3;;;/q;;;+1;-1. The van der Waals surface area contributed by atoms with Gasteiger partial charge in [-0.1, -0.05) is 24.3 Å². The molecule has 3 radical (unpaired) electrons. The minimum Gasteiger partial charge on any atom is -1.00 e. The Labute approximate surface area is 306 Å². The fourth-order valence-electron chi connectivity index (χ4n) is 4.40. The fourth-order valence-corrected chi connectivity index (χ4v) is 4.40. The molecule has 4 rings (SSSR count). The molecule has 0 bridgehead atoms. The average molecular weight is 668 g/mol. The van der Waals surface area contributed by atoms with Crippen LogP contribution in [0.15, 0.2) is 89.9 Å². The quantitative estimate of drug-likeness (QED) is 0.102. The normalized spacial score (nSPS) is 10.1. The van der Waals surface area contributed by atoms with Crippen LogP contribution in [0, 0.1) is 11.6 Å². The summed E-state index contributed by atoms with van der Waals surface area (Å²) in [5.74, 6) is 0.0800. The Balaban J connectivity index is 0.000000886. The molecule has 0 aliphatic carbocycles. The van der Waals surface area contributed by atoms with Crippen LogP contribution in [-0.2, 0) is 28.9 Å². The maximum atomic E-state index is 13.3. The van der Waals surface area contributed by atoms with Crippen LogP contribution >= 0.6 is 0 Å². The molecule has 0 spiro atoms. The van der Waals surface area contributed by atoms with E-state index in [9.17, 15) is 18.4 Å². The van der Waals surface area contributed by atoms with Gasteiger partial charge in [0, 0.05) is 27.7 Å². The van der Waals surface area contributed by atoms with E-state index < -0.39 is 0 Å². The van der Waals surface area contributed by atoms with E-state index in [4.69, 9.17) is 9.47 Å². The van der Waals surface area contributed by atoms with E-state index >= 15 is 0 Å². The molecule has 8 nitrogen and oxygen atoms in total. The van der Waals surface area contributed by atoms with Crippen molar-refractivity contribution in [1.82, 2.24) is 5.32 Å². The molecule has 0 heterocycles. The van der Waals surface area contributed by atoms with Gasteiger partial charge in [-0.25, -0.2) is 18.4 Å². The zero-order valence-electron chi connectivity index (χ0n) is 28.9. The number of nitrogens with one attached hydrogen (secondary N) is 1. The van der Waals surface area contributed by atoms with Crippen molar-refractivity contribution in [1.29, 1.82) is 0 Å². The van der Waals surface area contributed by atoms with E-state index in [2.05, 4.69) is 19.8 Å². The SMILES string of the molecule is COC(=O)c1ccc(C=NCCc2cc(F)ccc2OC)cc1.COC(=O)c1ccc(CNCCc2cc(F)ccc2OC)cc1.[B].[H-].[Na+]. The van der Waals surface area contributed by atoms with E-state index in [0.29, 0.717) is 55.1 Å². The second-order valence-corrected chi connectivity index (χ2v) is 9.93. The third-order valence-corrected chi connectivity index (χ3v) is 6.84. The van der Waals surface area contributed by atoms with E-state index in [0.717, 1.165) is 22.3 Å². The first-order valence-corrected chi connectivity index (χ1v) is 14.5. The smallest absolute Gasteiger partial charge is 1.00 e. The predicted octanol–water partition coefficient (Wildman–Crippen LogP) is 2.97. The molecule has 0 atom stereocenters. The molecule has 12 heteroatoms. The van der Waals surface area contributed by atoms with Gasteiger partial charge in [-0.15, -0.1) is 0 Å². The Morgan fingerprint density at radius 1 is 0.729 bits per heavy atom. The zero-order valence-corrected chi connectivity index (χ0v) is 29.9. The van der Waals surface area contributed by atoms with Crippen LogP contribution in [-0.4, -0.2) is 68.1 Å². The van der Waals surface area contributed by atoms with Crippen molar-refractivity contribution in [3.63, 3.8) is 0 Å². The van der Waals surface area contributed by atoms with Crippen molar-refractivity contribution in [3.05, 3.63) is 130 Å². The van der Waals surface area contributed by atoms with Crippen molar-refractivity contribution < 1.29 is 68.3 Å². The first kappa shape index (κ1) is 42.0. The molecule has 0 aliphatic heterocycles. The van der Waals surface area contributed by atoms with E-state index in [-0.39, 0.29) is 63.0 Å². The third kappa shape index (κ3) is 13.6. The molecule has 0 saturated carbocycles. The number of aliphatic imine (C=N–C) groups is 1. The average Bonchev–Trinajstić information content (AvgIpc) is 3.09. The van der Waals surface area contributed by atoms with Crippen molar-refractivity contribution in [2.75, 3.05) is 41.5 Å². The molecule has 48 heavy (non-hydrogen) atoms. The van der Waals surface area contributed by atoms with Gasteiger partial charge in [0.15, 0.2) is 0 Å². The summed E-state index contributed by atoms with van der Waals surface area (Å²) in [5, 5.41) is 3.29. The summed E-state index contributed by atoms with van der Waals surface area (Å²) in [6, 6.07) is 23.1. The Kier molecular flexibility index (Phi) is 19.7. The summed E-state index contributed by atoms with van der Waals surface area (Å²) in [5.41, 5.74) is 4.58. The number of carbonyl (C=O) groups excluding carboxylic acids is 2. The second kappa shape index (κ2) is 22.5. The Morgan fingerprint density at radius 2 is 1.21 bits per heavy atom. The van der Waals surface area contributed by atoms with Gasteiger partial charge in [0.05, 0.1) is 39.6 Å². The maximum Gasteiger partial charge on any atom is 1.00 e. The minimum absolute atomic E-state index is 0. The largest absolute Gasteiger partial charge is 1.00 e. The van der Waals surface area contributed by atoms with Crippen LogP contribution < -0.4 is 44.3 Å². The molecule has 247 valence electrons. The summed E-state index contributed by atoms with van der Waals surface area (Å²) in [7, 11) is 5.84. The van der Waals surface area contributed by atoms with Gasteiger partial charge in [-0.3, -0.25) is 4.99 Å². The first-order valence-electron chi connectivity index (χ1n) is 14.5. The first-order chi connectivity index (χ1) is 22.3. The third-order valence-electron chi connectivity index (χ3n) is 6.84. The van der Waals surface area contributed by atoms with E-state index in [1.54, 1.807) is 69.0 Å². The predicted molar refractivity (Wildman–Crippen MR) is 180 cm³/mol. The molecule has 4 aromatic carbocycles. The summed E-state index contributed by atoms with van der Waals surface area (Å²) in [6.07, 6.45) is 2.96. The maximum absolute atomic E-state index is 13.3. The molecule has 0 amide bonds. The molecular weight excluding hydrogens is 628 g/mol. The second-order valence-electron chi connectivity index (χ2n) is 9.93. The van der Waals surface area contributed by atoms with E-state index in [1.165, 1.54) is 38.5 Å². The molecule has 1 N–H and O–H groups in total. The van der Waals surface area contributed by atoms with Gasteiger partial charge in [0.25, 0.3) is 0 Å². The van der Waals surface area contributed by atoms with Gasteiger partial charge in [-0.05, 0) is 102 Å². The summed E-state index contributed by atoms with van der Waals surface area (Å²) >= 11 is 0. The topological polar surface area (TPSA) is 95.5 Å². The summed E-state index contributed by atoms with van der Waals surface area (Å²) < 4.78 is 46.3. The number of esters is 2. The van der Waals surface area contributed by atoms with Crippen LogP contribution in [0.3, 0.4) is 0 Å². The van der Waals surface area contributed by atoms with E-state index in [1.807, 2.05) is 12.1 Å². The van der Waals surface area contributed by atoms with Crippen LogP contribution in [0.5, 0.6) is 11.5 Å². The fraction of sp³-hybridized carbons (Fsp3) is 0.250. The number of nitrogens with zero attached hydrogens (tertiary/aromatic N) is 1. The van der Waals surface area contributed by atoms with Gasteiger partial charge in [0.2, 0.25) is 0 Å². The number of rotatable bonds is 13. The Morgan fingerprint density at radius 3 is 1.69 bits per heavy atom. The van der Waals surface area contributed by atoms with Crippen LogP contribution in [0.2, 0.25) is 0 Å². The van der Waals surface area contributed by atoms with Crippen LogP contribution in [0.25, 0.3) is 0 Å². The molecule has 0 aromatic heterocycles. The van der Waals surface area contributed by atoms with Crippen molar-refractivity contribution >= 4 is 26.6 Å². The molecular formula is C36H39BF2N2NaO6. The van der Waals surface area contributed by atoms with Crippen molar-refractivity contribution in [3.8, 4) is 11.5 Å². The molecule has 4 aromatic rings. The Hall–Kier alpha value is -4.03. The Bertz CT molecular complexity index is 1610. The zero-order chi connectivity index (χ0) is 33.3. The van der Waals surface area contributed by atoms with Gasteiger partial charge in [0.1, 0.15) is 23.1 Å². The molecule has 0 saturated heterocycles. The number of halogens is 2. The van der Waals surface area contributed by atoms with Gasteiger partial charge >= 0.3 is 41.5 Å². The van der Waals surface area contributed by atoms with Gasteiger partial charge in [-0.2, -0.15) is 0 Å². The molecule has 0 unspecified atom stereocenters. The minimum atomic E-state index is -0.369. The number of methoxy groups -OCH3 is 4.